The van der Waals surface area contributed by atoms with Crippen molar-refractivity contribution in [1.29, 1.82) is 0 Å². The number of hydrogen-bond donors (Lipinski definition) is 1. The number of fused-ring (bicyclic) bond motifs is 1. The summed E-state index contributed by atoms with van der Waals surface area (Å²) in [5.74, 6) is -0.406. The number of nitrogens with one attached hydrogen (secondary N) is 1. The van der Waals surface area contributed by atoms with E-state index in [0.717, 1.165) is 0 Å². The van der Waals surface area contributed by atoms with Crippen LogP contribution in [0.4, 0.5) is 5.69 Å². The van der Waals surface area contributed by atoms with Gasteiger partial charge in [-0.25, -0.2) is 10.4 Å². The molecule has 1 N–H and O–H groups in total. The first kappa shape index (κ1) is 20.5. The second-order valence-corrected chi connectivity index (χ2v) is 6.68. The van der Waals surface area contributed by atoms with E-state index in [1.807, 2.05) is 42.5 Å². The molecule has 0 atom stereocenters. The Hall–Kier alpha value is -4.72. The van der Waals surface area contributed by atoms with Gasteiger partial charge >= 0.3 is 0 Å². The lowest BCUT2D eigenvalue weighted by atomic mass is 10.1. The van der Waals surface area contributed by atoms with E-state index in [1.54, 1.807) is 36.5 Å². The number of amides is 1. The van der Waals surface area contributed by atoms with Crippen LogP contribution >= 0.6 is 0 Å². The third-order valence-corrected chi connectivity index (χ3v) is 4.62. The summed E-state index contributed by atoms with van der Waals surface area (Å²) >= 11 is 0. The van der Waals surface area contributed by atoms with Crippen molar-refractivity contribution in [3.63, 3.8) is 0 Å². The van der Waals surface area contributed by atoms with Gasteiger partial charge in [0.15, 0.2) is 0 Å². The van der Waals surface area contributed by atoms with Crippen LogP contribution in [-0.4, -0.2) is 27.0 Å². The van der Waals surface area contributed by atoms with Gasteiger partial charge in [-0.05, 0) is 42.5 Å². The number of pyridine rings is 2. The molecule has 32 heavy (non-hydrogen) atoms. The van der Waals surface area contributed by atoms with E-state index in [4.69, 9.17) is 0 Å². The average molecular weight is 423 g/mol. The van der Waals surface area contributed by atoms with Crippen molar-refractivity contribution >= 4 is 34.8 Å². The van der Waals surface area contributed by atoms with Gasteiger partial charge in [0.05, 0.1) is 33.0 Å². The minimum absolute atomic E-state index is 0.00788. The number of hydrogen-bond acceptors (Lipinski definition) is 6. The Morgan fingerprint density at radius 3 is 2.59 bits per heavy atom. The van der Waals surface area contributed by atoms with Gasteiger partial charge in [0.1, 0.15) is 0 Å². The Kier molecular flexibility index (Phi) is 6.03. The molecule has 0 saturated carbocycles. The highest BCUT2D eigenvalue weighted by Crippen LogP contribution is 2.23. The molecule has 8 heteroatoms. The minimum atomic E-state index is -0.452. The van der Waals surface area contributed by atoms with Crippen LogP contribution < -0.4 is 5.43 Å². The SMILES string of the molecule is O=C(N/N=C\C=C\c1ccccc1[N+](=O)[O-])c1cc(-c2ccccn2)nc2ccccc12. The molecule has 4 rings (SSSR count). The number of rotatable bonds is 6. The fraction of sp³-hybridized carbons (Fsp3) is 0. The van der Waals surface area contributed by atoms with Crippen LogP contribution in [0.2, 0.25) is 0 Å². The van der Waals surface area contributed by atoms with Gasteiger partial charge in [0, 0.05) is 23.9 Å². The Balaban J connectivity index is 1.56. The molecule has 2 aromatic carbocycles. The topological polar surface area (TPSA) is 110 Å². The van der Waals surface area contributed by atoms with Crippen molar-refractivity contribution in [3.05, 3.63) is 106 Å². The number of hydrazone groups is 1. The summed E-state index contributed by atoms with van der Waals surface area (Å²) in [4.78, 5) is 32.4. The number of nitro benzene ring substituents is 1. The molecule has 0 aliphatic rings. The molecular formula is C24H17N5O3. The predicted octanol–water partition coefficient (Wildman–Crippen LogP) is 4.63. The molecule has 4 aromatic rings. The van der Waals surface area contributed by atoms with E-state index in [1.165, 1.54) is 18.4 Å². The first-order chi connectivity index (χ1) is 15.6. The third kappa shape index (κ3) is 4.54. The Morgan fingerprint density at radius 1 is 1.00 bits per heavy atom. The smallest absolute Gasteiger partial charge is 0.267 e. The Bertz CT molecular complexity index is 1350. The summed E-state index contributed by atoms with van der Waals surface area (Å²) in [5.41, 5.74) is 5.24. The molecule has 2 aromatic heterocycles. The molecule has 0 fully saturated rings. The Morgan fingerprint density at radius 2 is 1.78 bits per heavy atom. The lowest BCUT2D eigenvalue weighted by Gasteiger charge is -2.08. The molecule has 0 aliphatic heterocycles. The van der Waals surface area contributed by atoms with E-state index in [2.05, 4.69) is 20.5 Å². The summed E-state index contributed by atoms with van der Waals surface area (Å²) < 4.78 is 0. The summed E-state index contributed by atoms with van der Waals surface area (Å²) in [6.07, 6.45) is 6.10. The molecule has 8 nitrogen and oxygen atoms in total. The van der Waals surface area contributed by atoms with Crippen LogP contribution in [0.1, 0.15) is 15.9 Å². The number of nitrogens with zero attached hydrogens (tertiary/aromatic N) is 4. The molecule has 156 valence electrons. The molecule has 1 amide bonds. The van der Waals surface area contributed by atoms with Gasteiger partial charge in [-0.2, -0.15) is 5.10 Å². The molecule has 0 spiro atoms. The van der Waals surface area contributed by atoms with E-state index >= 15 is 0 Å². The largest absolute Gasteiger partial charge is 0.276 e. The zero-order valence-corrected chi connectivity index (χ0v) is 16.8. The fourth-order valence-corrected chi connectivity index (χ4v) is 3.15. The average Bonchev–Trinajstić information content (AvgIpc) is 2.83. The second kappa shape index (κ2) is 9.40. The van der Waals surface area contributed by atoms with Crippen molar-refractivity contribution in [2.45, 2.75) is 0 Å². The van der Waals surface area contributed by atoms with Crippen LogP contribution in [0.5, 0.6) is 0 Å². The highest BCUT2D eigenvalue weighted by Gasteiger charge is 2.14. The summed E-state index contributed by atoms with van der Waals surface area (Å²) in [7, 11) is 0. The molecular weight excluding hydrogens is 406 g/mol. The normalized spacial score (nSPS) is 11.2. The summed E-state index contributed by atoms with van der Waals surface area (Å²) in [5, 5.41) is 15.7. The first-order valence-electron chi connectivity index (χ1n) is 9.68. The summed E-state index contributed by atoms with van der Waals surface area (Å²) in [6.45, 7) is 0. The van der Waals surface area contributed by atoms with E-state index in [-0.39, 0.29) is 5.69 Å². The standard InChI is InChI=1S/C24H17N5O3/c30-24(28-26-15-7-9-17-8-1-4-13-23(17)29(31)32)19-16-22(21-12-5-6-14-25-21)27-20-11-3-2-10-18(19)20/h1-16H,(H,28,30)/b9-7+,26-15-. The maximum Gasteiger partial charge on any atom is 0.276 e. The highest BCUT2D eigenvalue weighted by molar-refractivity contribution is 6.07. The molecule has 0 bridgehead atoms. The van der Waals surface area contributed by atoms with Crippen LogP contribution in [-0.2, 0) is 0 Å². The van der Waals surface area contributed by atoms with E-state index in [0.29, 0.717) is 33.4 Å². The lowest BCUT2D eigenvalue weighted by Crippen LogP contribution is -2.18. The van der Waals surface area contributed by atoms with Crippen molar-refractivity contribution in [3.8, 4) is 11.4 Å². The van der Waals surface area contributed by atoms with Gasteiger partial charge < -0.3 is 0 Å². The number of aromatic nitrogens is 2. The van der Waals surface area contributed by atoms with Gasteiger partial charge in [0.25, 0.3) is 11.6 Å². The second-order valence-electron chi connectivity index (χ2n) is 6.68. The Labute approximate surface area is 183 Å². The molecule has 2 heterocycles. The zero-order chi connectivity index (χ0) is 22.3. The van der Waals surface area contributed by atoms with Crippen LogP contribution in [0, 0.1) is 10.1 Å². The maximum atomic E-state index is 12.8. The lowest BCUT2D eigenvalue weighted by molar-refractivity contribution is -0.385. The van der Waals surface area contributed by atoms with Crippen molar-refractivity contribution in [2.75, 3.05) is 0 Å². The number of para-hydroxylation sites is 2. The number of allylic oxidation sites excluding steroid dienone is 1. The molecule has 0 radical (unpaired) electrons. The number of carbonyl (C=O) groups is 1. The van der Waals surface area contributed by atoms with Crippen molar-refractivity contribution in [2.24, 2.45) is 5.10 Å². The van der Waals surface area contributed by atoms with Gasteiger partial charge in [-0.15, -0.1) is 0 Å². The van der Waals surface area contributed by atoms with Crippen molar-refractivity contribution in [1.82, 2.24) is 15.4 Å². The summed E-state index contributed by atoms with van der Waals surface area (Å²) in [6, 6.07) is 20.9. The fourth-order valence-electron chi connectivity index (χ4n) is 3.15. The monoisotopic (exact) mass is 423 g/mol. The highest BCUT2D eigenvalue weighted by atomic mass is 16.6. The molecule has 0 aliphatic carbocycles. The third-order valence-electron chi connectivity index (χ3n) is 4.62. The zero-order valence-electron chi connectivity index (χ0n) is 16.8. The number of carbonyl (C=O) groups excluding carboxylic acids is 1. The minimum Gasteiger partial charge on any atom is -0.267 e. The van der Waals surface area contributed by atoms with Crippen molar-refractivity contribution < 1.29 is 9.72 Å². The van der Waals surface area contributed by atoms with Crippen LogP contribution in [0.15, 0.2) is 90.2 Å². The predicted molar refractivity (Wildman–Crippen MR) is 123 cm³/mol. The van der Waals surface area contributed by atoms with Crippen LogP contribution in [0.25, 0.3) is 28.4 Å². The van der Waals surface area contributed by atoms with E-state index in [9.17, 15) is 14.9 Å². The quantitative estimate of drug-likeness (QED) is 0.276. The van der Waals surface area contributed by atoms with Gasteiger partial charge in [0.2, 0.25) is 0 Å². The molecule has 0 saturated heterocycles. The van der Waals surface area contributed by atoms with E-state index < -0.39 is 10.8 Å². The van der Waals surface area contributed by atoms with Gasteiger partial charge in [-0.1, -0.05) is 36.4 Å². The maximum absolute atomic E-state index is 12.8. The number of benzene rings is 2. The van der Waals surface area contributed by atoms with Crippen LogP contribution in [0.3, 0.4) is 0 Å². The number of nitro groups is 1. The van der Waals surface area contributed by atoms with Gasteiger partial charge in [-0.3, -0.25) is 19.9 Å². The first-order valence-corrected chi connectivity index (χ1v) is 9.68. The molecule has 0 unspecified atom stereocenters.